The molecule has 0 aliphatic rings. The Kier molecular flexibility index (Phi) is 17.1. The van der Waals surface area contributed by atoms with Crippen LogP contribution < -0.4 is 21.3 Å². The van der Waals surface area contributed by atoms with Gasteiger partial charge in [-0.15, -0.1) is 0 Å². The number of aryl methyl sites for hydroxylation is 1. The molecule has 10 N–H and O–H groups in total. The zero-order valence-corrected chi connectivity index (χ0v) is 22.3. The minimum absolute atomic E-state index is 0.0243. The molecule has 39 heavy (non-hydrogen) atoms. The van der Waals surface area contributed by atoms with Crippen LogP contribution in [0.1, 0.15) is 41.6 Å². The number of carbonyl (C=O) groups is 2. The number of rotatable bonds is 18. The predicted molar refractivity (Wildman–Crippen MR) is 147 cm³/mol. The van der Waals surface area contributed by atoms with Crippen LogP contribution >= 0.6 is 0 Å². The molecule has 0 aliphatic heterocycles. The Morgan fingerprint density at radius 1 is 0.692 bits per heavy atom. The van der Waals surface area contributed by atoms with Crippen LogP contribution in [0.4, 0.5) is 0 Å². The monoisotopic (exact) mass is 550 g/mol. The van der Waals surface area contributed by atoms with E-state index in [1.807, 2.05) is 6.92 Å². The van der Waals surface area contributed by atoms with Gasteiger partial charge in [-0.2, -0.15) is 0 Å². The minimum atomic E-state index is -1.03. The van der Waals surface area contributed by atoms with E-state index >= 15 is 0 Å². The van der Waals surface area contributed by atoms with Crippen molar-refractivity contribution in [1.82, 2.24) is 21.3 Å². The first-order valence-electron chi connectivity index (χ1n) is 12.9. The molecule has 0 aromatic heterocycles. The molecule has 2 aromatic carbocycles. The van der Waals surface area contributed by atoms with Gasteiger partial charge in [0.1, 0.15) is 23.6 Å². The molecule has 2 aromatic rings. The molecule has 12 nitrogen and oxygen atoms in total. The van der Waals surface area contributed by atoms with Gasteiger partial charge >= 0.3 is 11.9 Å². The van der Waals surface area contributed by atoms with Crippen LogP contribution in [0.5, 0.6) is 11.5 Å². The standard InChI is InChI=1S/C14H22N2O4.C13H20N2O4/c1-10-3-4-12(18)11(9-10)13(14(19)20)16-7-6-15-5-2-8-17;16-9-3-6-14-7-8-15-12(13(18)19)10-4-1-2-5-11(10)17/h3-4,9,13,15-18H,2,5-8H2,1H3,(H,19,20);1-2,4-5,12,14-17H,3,6-9H2,(H,18,19). The molecule has 0 amide bonds. The van der Waals surface area contributed by atoms with Crippen LogP contribution in [0.2, 0.25) is 0 Å². The van der Waals surface area contributed by atoms with Gasteiger partial charge in [0, 0.05) is 50.5 Å². The number of phenols is 2. The summed E-state index contributed by atoms with van der Waals surface area (Å²) in [7, 11) is 0. The summed E-state index contributed by atoms with van der Waals surface area (Å²) in [6, 6.07) is 9.42. The third-order valence-electron chi connectivity index (χ3n) is 5.56. The van der Waals surface area contributed by atoms with E-state index in [0.29, 0.717) is 63.2 Å². The van der Waals surface area contributed by atoms with Crippen LogP contribution in [0.3, 0.4) is 0 Å². The number of aliphatic hydroxyl groups excluding tert-OH is 2. The average molecular weight is 551 g/mol. The lowest BCUT2D eigenvalue weighted by atomic mass is 10.0. The number of aromatic hydroxyl groups is 2. The van der Waals surface area contributed by atoms with Gasteiger partial charge in [0.15, 0.2) is 0 Å². The van der Waals surface area contributed by atoms with Crippen LogP contribution in [0, 0.1) is 6.92 Å². The van der Waals surface area contributed by atoms with E-state index in [1.54, 1.807) is 30.3 Å². The van der Waals surface area contributed by atoms with E-state index in [4.69, 9.17) is 15.3 Å². The highest BCUT2D eigenvalue weighted by atomic mass is 16.4. The molecule has 0 heterocycles. The van der Waals surface area contributed by atoms with Gasteiger partial charge in [0.25, 0.3) is 0 Å². The number of phenolic OH excluding ortho intramolecular Hbond substituents is 2. The SMILES string of the molecule is Cc1ccc(O)c(C(NCCNCCCO)C(=O)O)c1.O=C(O)C(NCCNCCCO)c1ccccc1O. The molecule has 0 aliphatic carbocycles. The Hall–Kier alpha value is -3.26. The molecule has 0 fully saturated rings. The highest BCUT2D eigenvalue weighted by Crippen LogP contribution is 2.25. The molecule has 218 valence electrons. The van der Waals surface area contributed by atoms with Gasteiger partial charge in [-0.25, -0.2) is 0 Å². The molecule has 0 radical (unpaired) electrons. The number of carboxylic acids is 2. The molecule has 0 saturated heterocycles. The second kappa shape index (κ2) is 19.8. The van der Waals surface area contributed by atoms with Crippen molar-refractivity contribution in [2.45, 2.75) is 31.8 Å². The molecular formula is C27H42N4O8. The largest absolute Gasteiger partial charge is 0.508 e. The van der Waals surface area contributed by atoms with Gasteiger partial charge in [-0.05, 0) is 45.0 Å². The summed E-state index contributed by atoms with van der Waals surface area (Å²) in [5, 5.41) is 67.0. The van der Waals surface area contributed by atoms with E-state index in [1.165, 1.54) is 12.1 Å². The molecule has 2 unspecified atom stereocenters. The van der Waals surface area contributed by atoms with E-state index in [-0.39, 0.29) is 24.7 Å². The van der Waals surface area contributed by atoms with Crippen molar-refractivity contribution in [1.29, 1.82) is 0 Å². The third-order valence-corrected chi connectivity index (χ3v) is 5.56. The van der Waals surface area contributed by atoms with Crippen molar-refractivity contribution in [2.24, 2.45) is 0 Å². The first-order valence-corrected chi connectivity index (χ1v) is 12.9. The maximum absolute atomic E-state index is 11.3. The smallest absolute Gasteiger partial charge is 0.325 e. The average Bonchev–Trinajstić information content (AvgIpc) is 2.90. The number of aliphatic hydroxyl groups is 2. The third kappa shape index (κ3) is 13.4. The predicted octanol–water partition coefficient (Wildman–Crippen LogP) is 0.467. The quantitative estimate of drug-likeness (QED) is 0.115. The second-order valence-corrected chi connectivity index (χ2v) is 8.73. The van der Waals surface area contributed by atoms with E-state index in [9.17, 15) is 24.9 Å². The first-order chi connectivity index (χ1) is 18.7. The maximum atomic E-state index is 11.3. The fourth-order valence-corrected chi connectivity index (χ4v) is 3.57. The summed E-state index contributed by atoms with van der Waals surface area (Å²) in [6.45, 7) is 5.59. The maximum Gasteiger partial charge on any atom is 0.325 e. The number of para-hydroxylation sites is 1. The lowest BCUT2D eigenvalue weighted by Gasteiger charge is -2.17. The van der Waals surface area contributed by atoms with Crippen molar-refractivity contribution in [2.75, 3.05) is 52.5 Å². The van der Waals surface area contributed by atoms with E-state index < -0.39 is 24.0 Å². The van der Waals surface area contributed by atoms with Crippen LogP contribution in [-0.4, -0.2) is 95.1 Å². The Balaban J connectivity index is 0.000000391. The molecule has 0 spiro atoms. The van der Waals surface area contributed by atoms with Crippen LogP contribution in [-0.2, 0) is 9.59 Å². The van der Waals surface area contributed by atoms with Crippen molar-refractivity contribution in [3.05, 3.63) is 59.2 Å². The van der Waals surface area contributed by atoms with Gasteiger partial charge < -0.3 is 41.3 Å². The van der Waals surface area contributed by atoms with Crippen molar-refractivity contribution < 1.29 is 40.2 Å². The lowest BCUT2D eigenvalue weighted by Crippen LogP contribution is -2.34. The first kappa shape index (κ1) is 33.8. The Morgan fingerprint density at radius 3 is 1.67 bits per heavy atom. The highest BCUT2D eigenvalue weighted by Gasteiger charge is 2.22. The highest BCUT2D eigenvalue weighted by molar-refractivity contribution is 5.77. The summed E-state index contributed by atoms with van der Waals surface area (Å²) < 4.78 is 0. The summed E-state index contributed by atoms with van der Waals surface area (Å²) in [6.07, 6.45) is 1.34. The Labute approximate surface area is 228 Å². The molecule has 0 saturated carbocycles. The topological polar surface area (TPSA) is 204 Å². The van der Waals surface area contributed by atoms with Crippen molar-refractivity contribution in [3.8, 4) is 11.5 Å². The zero-order valence-electron chi connectivity index (χ0n) is 22.3. The van der Waals surface area contributed by atoms with Crippen LogP contribution in [0.25, 0.3) is 0 Å². The number of hydrogen-bond donors (Lipinski definition) is 10. The van der Waals surface area contributed by atoms with Gasteiger partial charge in [0.2, 0.25) is 0 Å². The van der Waals surface area contributed by atoms with Crippen LogP contribution in [0.15, 0.2) is 42.5 Å². The van der Waals surface area contributed by atoms with Crippen molar-refractivity contribution in [3.63, 3.8) is 0 Å². The fraction of sp³-hybridized carbons (Fsp3) is 0.481. The van der Waals surface area contributed by atoms with Crippen molar-refractivity contribution >= 4 is 11.9 Å². The normalized spacial score (nSPS) is 12.3. The summed E-state index contributed by atoms with van der Waals surface area (Å²) in [5.41, 5.74) is 1.62. The van der Waals surface area contributed by atoms with Gasteiger partial charge in [-0.3, -0.25) is 20.2 Å². The van der Waals surface area contributed by atoms with E-state index in [0.717, 1.165) is 5.56 Å². The molecule has 2 atom stereocenters. The zero-order chi connectivity index (χ0) is 29.0. The van der Waals surface area contributed by atoms with Gasteiger partial charge in [0.05, 0.1) is 0 Å². The minimum Gasteiger partial charge on any atom is -0.508 e. The Bertz CT molecular complexity index is 992. The lowest BCUT2D eigenvalue weighted by molar-refractivity contribution is -0.140. The molecule has 12 heteroatoms. The summed E-state index contributed by atoms with van der Waals surface area (Å²) >= 11 is 0. The summed E-state index contributed by atoms with van der Waals surface area (Å²) in [4.78, 5) is 22.5. The number of benzene rings is 2. The van der Waals surface area contributed by atoms with E-state index in [2.05, 4.69) is 21.3 Å². The number of hydrogen-bond acceptors (Lipinski definition) is 10. The number of aliphatic carboxylic acids is 2. The Morgan fingerprint density at radius 2 is 1.18 bits per heavy atom. The second-order valence-electron chi connectivity index (χ2n) is 8.73. The molecule has 0 bridgehead atoms. The van der Waals surface area contributed by atoms with Gasteiger partial charge in [-0.1, -0.05) is 35.9 Å². The number of nitrogens with one attached hydrogen (secondary N) is 4. The molecule has 2 rings (SSSR count). The fourth-order valence-electron chi connectivity index (χ4n) is 3.57. The summed E-state index contributed by atoms with van der Waals surface area (Å²) in [5.74, 6) is -2.11. The number of carboxylic acid groups (broad SMARTS) is 2. The molecular weight excluding hydrogens is 508 g/mol.